The lowest BCUT2D eigenvalue weighted by Gasteiger charge is -2.01. The largest absolute Gasteiger partial charge is 0.344 e. The third-order valence-corrected chi connectivity index (χ3v) is 2.06. The second-order valence-electron chi connectivity index (χ2n) is 3.07. The zero-order valence-corrected chi connectivity index (χ0v) is 9.27. The van der Waals surface area contributed by atoms with E-state index in [1.165, 1.54) is 10.8 Å². The highest BCUT2D eigenvalue weighted by Crippen LogP contribution is 2.16. The minimum absolute atomic E-state index is 0. The lowest BCUT2D eigenvalue weighted by Crippen LogP contribution is -1.86. The van der Waals surface area contributed by atoms with Gasteiger partial charge in [-0.15, -0.1) is 12.4 Å². The third-order valence-electron chi connectivity index (χ3n) is 2.06. The van der Waals surface area contributed by atoms with Gasteiger partial charge in [-0.2, -0.15) is 0 Å². The summed E-state index contributed by atoms with van der Waals surface area (Å²) in [6, 6.07) is 10.4. The Hall–Kier alpha value is -1.12. The normalized spacial score (nSPS) is 9.00. The second-order valence-corrected chi connectivity index (χ2v) is 3.07. The molecule has 0 radical (unpaired) electrons. The molecule has 1 aromatic heterocycles. The maximum atomic E-state index is 4.40. The number of hydrogen-bond donors (Lipinski definition) is 1. The Labute approximate surface area is 90.4 Å². The molecular formula is C11H15ClN2. The van der Waals surface area contributed by atoms with Crippen LogP contribution in [0.1, 0.15) is 11.4 Å². The maximum Gasteiger partial charge on any atom is 0.0454 e. The number of nitrogens with zero attached hydrogens (tertiary/aromatic N) is 1. The Morgan fingerprint density at radius 3 is 2.43 bits per heavy atom. The molecule has 1 heterocycles. The summed E-state index contributed by atoms with van der Waals surface area (Å²) in [5, 5.41) is 2.53. The molecule has 0 saturated heterocycles. The molecule has 3 heteroatoms. The molecule has 2 nitrogen and oxygen atoms in total. The van der Waals surface area contributed by atoms with Crippen molar-refractivity contribution in [2.24, 2.45) is 0 Å². The molecule has 0 saturated carbocycles. The molecule has 0 aliphatic carbocycles. The molecule has 0 amide bonds. The van der Waals surface area contributed by atoms with E-state index >= 15 is 0 Å². The van der Waals surface area contributed by atoms with E-state index in [2.05, 4.69) is 36.2 Å². The van der Waals surface area contributed by atoms with Gasteiger partial charge in [-0.05, 0) is 25.3 Å². The molecule has 0 fully saturated rings. The summed E-state index contributed by atoms with van der Waals surface area (Å²) in [6.07, 6.45) is 0. The van der Waals surface area contributed by atoms with Gasteiger partial charge in [0.15, 0.2) is 0 Å². The number of pyridine rings is 1. The Morgan fingerprint density at radius 1 is 1.07 bits per heavy atom. The van der Waals surface area contributed by atoms with Crippen LogP contribution in [0.5, 0.6) is 0 Å². The van der Waals surface area contributed by atoms with Gasteiger partial charge in [0, 0.05) is 16.8 Å². The van der Waals surface area contributed by atoms with Gasteiger partial charge in [0.1, 0.15) is 0 Å². The van der Waals surface area contributed by atoms with Crippen LogP contribution in [0, 0.1) is 13.8 Å². The summed E-state index contributed by atoms with van der Waals surface area (Å²) in [7, 11) is 0. The van der Waals surface area contributed by atoms with Gasteiger partial charge in [0.05, 0.1) is 0 Å². The molecule has 3 N–H and O–H groups in total. The average molecular weight is 211 g/mol. The van der Waals surface area contributed by atoms with E-state index in [-0.39, 0.29) is 18.6 Å². The molecule has 76 valence electrons. The van der Waals surface area contributed by atoms with Crippen molar-refractivity contribution in [3.63, 3.8) is 0 Å². The summed E-state index contributed by atoms with van der Waals surface area (Å²) >= 11 is 0. The Morgan fingerprint density at radius 2 is 1.71 bits per heavy atom. The number of halogens is 1. The number of rotatable bonds is 0. The molecule has 0 aliphatic rings. The van der Waals surface area contributed by atoms with Gasteiger partial charge in [0.2, 0.25) is 0 Å². The summed E-state index contributed by atoms with van der Waals surface area (Å²) < 4.78 is 0. The van der Waals surface area contributed by atoms with E-state index in [9.17, 15) is 0 Å². The first-order chi connectivity index (χ1) is 5.77. The molecule has 0 spiro atoms. The van der Waals surface area contributed by atoms with Crippen LogP contribution in [0.3, 0.4) is 0 Å². The quantitative estimate of drug-likeness (QED) is 0.724. The standard InChI is InChI=1S/C11H11N.ClH.H3N/c1-8-7-10-5-3-4-6-11(10)9(2)12-8;;/h3-7H,1-2H3;1H;1H3. The van der Waals surface area contributed by atoms with Crippen molar-refractivity contribution in [3.05, 3.63) is 41.7 Å². The van der Waals surface area contributed by atoms with Crippen molar-refractivity contribution in [2.45, 2.75) is 13.8 Å². The van der Waals surface area contributed by atoms with Crippen molar-refractivity contribution in [3.8, 4) is 0 Å². The first kappa shape index (κ1) is 12.9. The van der Waals surface area contributed by atoms with Crippen molar-refractivity contribution < 1.29 is 0 Å². The van der Waals surface area contributed by atoms with E-state index in [4.69, 9.17) is 0 Å². The predicted octanol–water partition coefficient (Wildman–Crippen LogP) is 3.44. The van der Waals surface area contributed by atoms with E-state index in [1.807, 2.05) is 13.0 Å². The first-order valence-electron chi connectivity index (χ1n) is 4.10. The lowest BCUT2D eigenvalue weighted by molar-refractivity contribution is 1.15. The molecule has 2 rings (SSSR count). The number of aromatic nitrogens is 1. The molecule has 2 aromatic rings. The van der Waals surface area contributed by atoms with Crippen LogP contribution in [0.15, 0.2) is 30.3 Å². The molecular weight excluding hydrogens is 196 g/mol. The summed E-state index contributed by atoms with van der Waals surface area (Å²) in [6.45, 7) is 4.08. The van der Waals surface area contributed by atoms with E-state index in [0.29, 0.717) is 0 Å². The smallest absolute Gasteiger partial charge is 0.0454 e. The third kappa shape index (κ3) is 2.22. The Bertz CT molecular complexity index is 427. The van der Waals surface area contributed by atoms with Crippen LogP contribution >= 0.6 is 12.4 Å². The van der Waals surface area contributed by atoms with Crippen LogP contribution in [0.25, 0.3) is 10.8 Å². The highest BCUT2D eigenvalue weighted by Gasteiger charge is 1.97. The van der Waals surface area contributed by atoms with Gasteiger partial charge in [0.25, 0.3) is 0 Å². The number of fused-ring (bicyclic) bond motifs is 1. The van der Waals surface area contributed by atoms with E-state index < -0.39 is 0 Å². The second kappa shape index (κ2) is 4.94. The zero-order valence-electron chi connectivity index (χ0n) is 8.45. The van der Waals surface area contributed by atoms with Gasteiger partial charge in [-0.25, -0.2) is 0 Å². The van der Waals surface area contributed by atoms with Gasteiger partial charge in [-0.3, -0.25) is 4.98 Å². The van der Waals surface area contributed by atoms with Gasteiger partial charge in [-0.1, -0.05) is 24.3 Å². The minimum Gasteiger partial charge on any atom is -0.344 e. The SMILES string of the molecule is Cc1cc2ccccc2c(C)n1.Cl.N. The first-order valence-corrected chi connectivity index (χ1v) is 4.10. The lowest BCUT2D eigenvalue weighted by atomic mass is 10.1. The predicted molar refractivity (Wildman–Crippen MR) is 63.5 cm³/mol. The average Bonchev–Trinajstić information content (AvgIpc) is 2.04. The summed E-state index contributed by atoms with van der Waals surface area (Å²) in [5.74, 6) is 0. The maximum absolute atomic E-state index is 4.40. The van der Waals surface area contributed by atoms with Crippen molar-refractivity contribution in [2.75, 3.05) is 0 Å². The molecule has 0 unspecified atom stereocenters. The topological polar surface area (TPSA) is 47.9 Å². The van der Waals surface area contributed by atoms with E-state index in [0.717, 1.165) is 11.4 Å². The van der Waals surface area contributed by atoms with Crippen LogP contribution in [0.4, 0.5) is 0 Å². The van der Waals surface area contributed by atoms with Crippen LogP contribution in [-0.4, -0.2) is 4.98 Å². The fourth-order valence-corrected chi connectivity index (χ4v) is 1.53. The van der Waals surface area contributed by atoms with Crippen molar-refractivity contribution in [1.29, 1.82) is 0 Å². The van der Waals surface area contributed by atoms with E-state index in [1.54, 1.807) is 0 Å². The molecule has 14 heavy (non-hydrogen) atoms. The number of hydrogen-bond acceptors (Lipinski definition) is 2. The Kier molecular flexibility index (Phi) is 4.54. The van der Waals surface area contributed by atoms with Crippen LogP contribution in [-0.2, 0) is 0 Å². The molecule has 0 aliphatic heterocycles. The van der Waals surface area contributed by atoms with Crippen molar-refractivity contribution in [1.82, 2.24) is 11.1 Å². The van der Waals surface area contributed by atoms with Crippen molar-refractivity contribution >= 4 is 23.2 Å². The molecule has 0 bridgehead atoms. The van der Waals surface area contributed by atoms with Crippen LogP contribution in [0.2, 0.25) is 0 Å². The summed E-state index contributed by atoms with van der Waals surface area (Å²) in [5.41, 5.74) is 2.21. The minimum atomic E-state index is 0. The molecule has 1 aromatic carbocycles. The summed E-state index contributed by atoms with van der Waals surface area (Å²) in [4.78, 5) is 4.40. The number of aryl methyl sites for hydroxylation is 2. The fraction of sp³-hybridized carbons (Fsp3) is 0.182. The highest BCUT2D eigenvalue weighted by molar-refractivity contribution is 5.85. The zero-order chi connectivity index (χ0) is 8.55. The fourth-order valence-electron chi connectivity index (χ4n) is 1.53. The highest BCUT2D eigenvalue weighted by atomic mass is 35.5. The monoisotopic (exact) mass is 210 g/mol. The Balaban J connectivity index is 0.000000845. The number of benzene rings is 1. The van der Waals surface area contributed by atoms with Gasteiger partial charge < -0.3 is 6.15 Å². The molecule has 0 atom stereocenters. The van der Waals surface area contributed by atoms with Gasteiger partial charge >= 0.3 is 0 Å². The van der Waals surface area contributed by atoms with Crippen LogP contribution < -0.4 is 6.15 Å².